The van der Waals surface area contributed by atoms with Crippen LogP contribution < -0.4 is 10.1 Å². The third kappa shape index (κ3) is 3.87. The van der Waals surface area contributed by atoms with E-state index in [-0.39, 0.29) is 11.7 Å². The van der Waals surface area contributed by atoms with Crippen LogP contribution in [-0.2, 0) is 0 Å². The quantitative estimate of drug-likeness (QED) is 0.883. The van der Waals surface area contributed by atoms with Crippen molar-refractivity contribution in [2.45, 2.75) is 13.8 Å². The molecule has 0 aliphatic heterocycles. The first-order chi connectivity index (χ1) is 9.56. The number of para-hydroxylation sites is 2. The van der Waals surface area contributed by atoms with Crippen LogP contribution >= 0.6 is 15.9 Å². The zero-order valence-corrected chi connectivity index (χ0v) is 12.9. The van der Waals surface area contributed by atoms with Gasteiger partial charge in [0.05, 0.1) is 12.3 Å². The Kier molecular flexibility index (Phi) is 4.84. The summed E-state index contributed by atoms with van der Waals surface area (Å²) in [5.74, 6) is 1.01. The molecule has 2 aromatic rings. The van der Waals surface area contributed by atoms with Crippen molar-refractivity contribution in [2.75, 3.05) is 11.9 Å². The topological polar surface area (TPSA) is 51.5 Å². The van der Waals surface area contributed by atoms with Gasteiger partial charge >= 0.3 is 0 Å². The summed E-state index contributed by atoms with van der Waals surface area (Å²) in [6.45, 7) is 4.74. The molecule has 0 atom stereocenters. The van der Waals surface area contributed by atoms with Crippen molar-refractivity contribution in [3.8, 4) is 5.75 Å². The summed E-state index contributed by atoms with van der Waals surface area (Å²) < 4.78 is 11.4. The first-order valence-corrected chi connectivity index (χ1v) is 7.14. The molecule has 1 heterocycles. The fourth-order valence-corrected chi connectivity index (χ4v) is 1.88. The number of anilines is 1. The molecular weight excluding hydrogens is 322 g/mol. The van der Waals surface area contributed by atoms with Crippen LogP contribution in [0.2, 0.25) is 0 Å². The fourth-order valence-electron chi connectivity index (χ4n) is 1.57. The van der Waals surface area contributed by atoms with Crippen LogP contribution in [0.5, 0.6) is 5.75 Å². The minimum absolute atomic E-state index is 0.246. The van der Waals surface area contributed by atoms with Crippen molar-refractivity contribution in [1.82, 2.24) is 0 Å². The maximum atomic E-state index is 12.0. The zero-order valence-electron chi connectivity index (χ0n) is 11.4. The first kappa shape index (κ1) is 14.7. The summed E-state index contributed by atoms with van der Waals surface area (Å²) in [6, 6.07) is 10.6. The number of halogens is 1. The van der Waals surface area contributed by atoms with E-state index in [0.717, 1.165) is 0 Å². The number of nitrogens with one attached hydrogen (secondary N) is 1. The molecule has 0 aliphatic carbocycles. The second-order valence-electron chi connectivity index (χ2n) is 4.76. The molecule has 4 nitrogen and oxygen atoms in total. The van der Waals surface area contributed by atoms with Crippen LogP contribution in [0.4, 0.5) is 5.69 Å². The van der Waals surface area contributed by atoms with Crippen molar-refractivity contribution in [1.29, 1.82) is 0 Å². The maximum absolute atomic E-state index is 12.0. The van der Waals surface area contributed by atoms with Gasteiger partial charge in [-0.05, 0) is 46.1 Å². The van der Waals surface area contributed by atoms with Crippen LogP contribution in [0.15, 0.2) is 45.5 Å². The minimum Gasteiger partial charge on any atom is -0.491 e. The monoisotopic (exact) mass is 337 g/mol. The number of hydrogen-bond donors (Lipinski definition) is 1. The summed E-state index contributed by atoms with van der Waals surface area (Å²) in [5, 5.41) is 2.79. The Morgan fingerprint density at radius 1 is 1.30 bits per heavy atom. The van der Waals surface area contributed by atoms with Gasteiger partial charge in [-0.25, -0.2) is 0 Å². The van der Waals surface area contributed by atoms with Gasteiger partial charge in [0, 0.05) is 0 Å². The van der Waals surface area contributed by atoms with Crippen LogP contribution in [0.25, 0.3) is 0 Å². The Balaban J connectivity index is 2.10. The van der Waals surface area contributed by atoms with E-state index in [4.69, 9.17) is 9.15 Å². The number of ether oxygens (including phenoxy) is 1. The van der Waals surface area contributed by atoms with E-state index in [1.165, 1.54) is 0 Å². The van der Waals surface area contributed by atoms with Crippen molar-refractivity contribution in [2.24, 2.45) is 5.92 Å². The zero-order chi connectivity index (χ0) is 14.5. The molecule has 106 valence electrons. The molecular formula is C15H16BrNO3. The lowest BCUT2D eigenvalue weighted by atomic mass is 10.2. The van der Waals surface area contributed by atoms with Gasteiger partial charge in [-0.2, -0.15) is 0 Å². The summed E-state index contributed by atoms with van der Waals surface area (Å²) in [7, 11) is 0. The molecule has 1 amide bonds. The second-order valence-corrected chi connectivity index (χ2v) is 5.54. The summed E-state index contributed by atoms with van der Waals surface area (Å²) in [5.41, 5.74) is 0.630. The molecule has 1 N–H and O–H groups in total. The molecule has 0 fully saturated rings. The van der Waals surface area contributed by atoms with Gasteiger partial charge < -0.3 is 14.5 Å². The first-order valence-electron chi connectivity index (χ1n) is 6.35. The Labute approximate surface area is 126 Å². The highest BCUT2D eigenvalue weighted by atomic mass is 79.9. The normalized spacial score (nSPS) is 10.6. The molecule has 20 heavy (non-hydrogen) atoms. The molecule has 0 bridgehead atoms. The SMILES string of the molecule is CC(C)COc1ccccc1NC(=O)c1ccc(Br)o1. The summed E-state index contributed by atoms with van der Waals surface area (Å²) >= 11 is 3.17. The molecule has 5 heteroatoms. The second kappa shape index (κ2) is 6.61. The summed E-state index contributed by atoms with van der Waals surface area (Å²) in [6.07, 6.45) is 0. The van der Waals surface area contributed by atoms with E-state index in [1.807, 2.05) is 18.2 Å². The third-order valence-corrected chi connectivity index (χ3v) is 2.93. The lowest BCUT2D eigenvalue weighted by Crippen LogP contribution is -2.13. The van der Waals surface area contributed by atoms with Gasteiger partial charge in [0.2, 0.25) is 0 Å². The molecule has 0 unspecified atom stereocenters. The van der Waals surface area contributed by atoms with Crippen LogP contribution in [0.3, 0.4) is 0 Å². The number of furan rings is 1. The van der Waals surface area contributed by atoms with Crippen LogP contribution in [0.1, 0.15) is 24.4 Å². The fraction of sp³-hybridized carbons (Fsp3) is 0.267. The molecule has 0 radical (unpaired) electrons. The van der Waals surface area contributed by atoms with Gasteiger partial charge in [0.1, 0.15) is 5.75 Å². The largest absolute Gasteiger partial charge is 0.491 e. The molecule has 0 saturated carbocycles. The molecule has 0 saturated heterocycles. The highest BCUT2D eigenvalue weighted by molar-refractivity contribution is 9.10. The van der Waals surface area contributed by atoms with Crippen molar-refractivity contribution in [3.63, 3.8) is 0 Å². The van der Waals surface area contributed by atoms with Crippen LogP contribution in [0, 0.1) is 5.92 Å². The predicted molar refractivity (Wildman–Crippen MR) is 81.1 cm³/mol. The van der Waals surface area contributed by atoms with E-state index < -0.39 is 0 Å². The van der Waals surface area contributed by atoms with E-state index >= 15 is 0 Å². The maximum Gasteiger partial charge on any atom is 0.291 e. The predicted octanol–water partition coefficient (Wildman–Crippen LogP) is 4.33. The van der Waals surface area contributed by atoms with Crippen LogP contribution in [-0.4, -0.2) is 12.5 Å². The van der Waals surface area contributed by atoms with E-state index in [1.54, 1.807) is 18.2 Å². The van der Waals surface area contributed by atoms with Crippen molar-refractivity contribution in [3.05, 3.63) is 46.8 Å². The summed E-state index contributed by atoms with van der Waals surface area (Å²) in [4.78, 5) is 12.0. The Morgan fingerprint density at radius 2 is 2.05 bits per heavy atom. The van der Waals surface area contributed by atoms with Crippen molar-refractivity contribution < 1.29 is 13.9 Å². The Hall–Kier alpha value is -1.75. The number of carbonyl (C=O) groups excluding carboxylic acids is 1. The Morgan fingerprint density at radius 3 is 2.70 bits per heavy atom. The standard InChI is InChI=1S/C15H16BrNO3/c1-10(2)9-19-12-6-4-3-5-11(12)17-15(18)13-7-8-14(16)20-13/h3-8,10H,9H2,1-2H3,(H,17,18). The molecule has 0 aliphatic rings. The number of carbonyl (C=O) groups is 1. The highest BCUT2D eigenvalue weighted by Gasteiger charge is 2.13. The van der Waals surface area contributed by atoms with Gasteiger partial charge in [0.15, 0.2) is 10.4 Å². The average molecular weight is 338 g/mol. The number of amides is 1. The van der Waals surface area contributed by atoms with E-state index in [9.17, 15) is 4.79 Å². The third-order valence-electron chi connectivity index (χ3n) is 2.50. The molecule has 2 rings (SSSR count). The van der Waals surface area contributed by atoms with Gasteiger partial charge in [-0.1, -0.05) is 26.0 Å². The Bertz CT molecular complexity index is 592. The lowest BCUT2D eigenvalue weighted by molar-refractivity contribution is 0.0995. The van der Waals surface area contributed by atoms with Crippen molar-refractivity contribution >= 4 is 27.5 Å². The molecule has 1 aromatic heterocycles. The van der Waals surface area contributed by atoms with E-state index in [0.29, 0.717) is 28.6 Å². The number of rotatable bonds is 5. The molecule has 0 spiro atoms. The van der Waals surface area contributed by atoms with Gasteiger partial charge in [-0.3, -0.25) is 4.79 Å². The average Bonchev–Trinajstić information content (AvgIpc) is 2.84. The number of hydrogen-bond acceptors (Lipinski definition) is 3. The number of benzene rings is 1. The smallest absolute Gasteiger partial charge is 0.291 e. The van der Waals surface area contributed by atoms with E-state index in [2.05, 4.69) is 35.1 Å². The molecule has 1 aromatic carbocycles. The van der Waals surface area contributed by atoms with Gasteiger partial charge in [0.25, 0.3) is 5.91 Å². The lowest BCUT2D eigenvalue weighted by Gasteiger charge is -2.13. The minimum atomic E-state index is -0.309. The highest BCUT2D eigenvalue weighted by Crippen LogP contribution is 2.25. The van der Waals surface area contributed by atoms with Gasteiger partial charge in [-0.15, -0.1) is 0 Å².